The van der Waals surface area contributed by atoms with Crippen LogP contribution in [-0.4, -0.2) is 56.8 Å². The van der Waals surface area contributed by atoms with Gasteiger partial charge in [-0.05, 0) is 41.7 Å². The molecule has 0 spiro atoms. The first-order valence-corrected chi connectivity index (χ1v) is 11.1. The second kappa shape index (κ2) is 9.18. The van der Waals surface area contributed by atoms with Crippen molar-refractivity contribution in [2.45, 2.75) is 19.3 Å². The average Bonchev–Trinajstić information content (AvgIpc) is 3.32. The second-order valence-corrected chi connectivity index (χ2v) is 8.17. The van der Waals surface area contributed by atoms with Crippen molar-refractivity contribution >= 4 is 17.4 Å². The third-order valence-electron chi connectivity index (χ3n) is 6.03. The van der Waals surface area contributed by atoms with Crippen molar-refractivity contribution < 1.29 is 4.79 Å². The number of fused-ring (bicyclic) bond motifs is 1. The van der Waals surface area contributed by atoms with Gasteiger partial charge < -0.3 is 9.80 Å². The molecule has 7 nitrogen and oxygen atoms in total. The molecule has 0 N–H and O–H groups in total. The smallest absolute Gasteiger partial charge is 0.227 e. The predicted octanol–water partition coefficient (Wildman–Crippen LogP) is 2.80. The lowest BCUT2D eigenvalue weighted by atomic mass is 10.0. The Morgan fingerprint density at radius 2 is 1.47 bits per heavy atom. The Bertz CT molecular complexity index is 1180. The van der Waals surface area contributed by atoms with Crippen molar-refractivity contribution in [1.29, 1.82) is 0 Å². The molecule has 32 heavy (non-hydrogen) atoms. The third-order valence-corrected chi connectivity index (χ3v) is 6.03. The van der Waals surface area contributed by atoms with E-state index in [9.17, 15) is 4.79 Å². The Kier molecular flexibility index (Phi) is 5.79. The number of carbonyl (C=O) groups is 1. The van der Waals surface area contributed by atoms with E-state index in [1.807, 2.05) is 23.1 Å². The van der Waals surface area contributed by atoms with Gasteiger partial charge in [-0.3, -0.25) is 4.79 Å². The first kappa shape index (κ1) is 20.2. The number of carbonyl (C=O) groups excluding carboxylic acids is 1. The van der Waals surface area contributed by atoms with Crippen LogP contribution >= 0.6 is 0 Å². The molecule has 7 heteroatoms. The molecule has 1 fully saturated rings. The third kappa shape index (κ3) is 4.61. The van der Waals surface area contributed by atoms with E-state index >= 15 is 0 Å². The van der Waals surface area contributed by atoms with Crippen LogP contribution in [-0.2, 0) is 24.1 Å². The predicted molar refractivity (Wildman–Crippen MR) is 124 cm³/mol. The van der Waals surface area contributed by atoms with Gasteiger partial charge >= 0.3 is 0 Å². The van der Waals surface area contributed by atoms with Crippen molar-refractivity contribution in [3.05, 3.63) is 89.7 Å². The van der Waals surface area contributed by atoms with Gasteiger partial charge in [-0.2, -0.15) is 4.52 Å². The van der Waals surface area contributed by atoms with Gasteiger partial charge in [-0.25, -0.2) is 0 Å². The van der Waals surface area contributed by atoms with Gasteiger partial charge in [0.1, 0.15) is 12.1 Å². The van der Waals surface area contributed by atoms with E-state index < -0.39 is 0 Å². The molecule has 1 saturated heterocycles. The summed E-state index contributed by atoms with van der Waals surface area (Å²) in [5.74, 6) is 1.07. The number of piperazine rings is 1. The van der Waals surface area contributed by atoms with Crippen LogP contribution in [0.1, 0.15) is 16.7 Å². The maximum absolute atomic E-state index is 12.8. The molecule has 1 aliphatic rings. The molecule has 0 atom stereocenters. The average molecular weight is 427 g/mol. The van der Waals surface area contributed by atoms with Crippen LogP contribution in [0.3, 0.4) is 0 Å². The van der Waals surface area contributed by atoms with Crippen LogP contribution in [0.4, 0.5) is 5.82 Å². The maximum Gasteiger partial charge on any atom is 0.227 e. The van der Waals surface area contributed by atoms with Gasteiger partial charge in [0, 0.05) is 26.2 Å². The molecule has 0 bridgehead atoms. The lowest BCUT2D eigenvalue weighted by molar-refractivity contribution is -0.130. The minimum Gasteiger partial charge on any atom is -0.352 e. The van der Waals surface area contributed by atoms with Crippen molar-refractivity contribution in [2.24, 2.45) is 0 Å². The second-order valence-electron chi connectivity index (χ2n) is 8.17. The molecule has 0 aliphatic carbocycles. The fourth-order valence-electron chi connectivity index (χ4n) is 4.12. The number of benzene rings is 2. The Morgan fingerprint density at radius 3 is 2.22 bits per heavy atom. The summed E-state index contributed by atoms with van der Waals surface area (Å²) in [6, 6.07) is 22.9. The van der Waals surface area contributed by atoms with Gasteiger partial charge in [-0.15, -0.1) is 15.3 Å². The quantitative estimate of drug-likeness (QED) is 0.474. The lowest BCUT2D eigenvalue weighted by Crippen LogP contribution is -2.49. The summed E-state index contributed by atoms with van der Waals surface area (Å²) >= 11 is 0. The Hall–Kier alpha value is -3.74. The van der Waals surface area contributed by atoms with Crippen molar-refractivity contribution in [2.75, 3.05) is 31.1 Å². The van der Waals surface area contributed by atoms with Crippen LogP contribution in [0.15, 0.2) is 73.1 Å². The molecular formula is C25H26N6O. The number of aromatic nitrogens is 4. The van der Waals surface area contributed by atoms with E-state index in [0.29, 0.717) is 19.5 Å². The van der Waals surface area contributed by atoms with Gasteiger partial charge in [0.2, 0.25) is 5.91 Å². The monoisotopic (exact) mass is 426 g/mol. The number of rotatable bonds is 6. The summed E-state index contributed by atoms with van der Waals surface area (Å²) in [4.78, 5) is 17.0. The van der Waals surface area contributed by atoms with Crippen molar-refractivity contribution in [3.8, 4) is 0 Å². The van der Waals surface area contributed by atoms with Gasteiger partial charge in [0.15, 0.2) is 5.65 Å². The highest BCUT2D eigenvalue weighted by Gasteiger charge is 2.22. The van der Waals surface area contributed by atoms with Gasteiger partial charge in [-0.1, -0.05) is 54.6 Å². The van der Waals surface area contributed by atoms with Crippen LogP contribution in [0.2, 0.25) is 0 Å². The number of hydrogen-bond donors (Lipinski definition) is 0. The lowest BCUT2D eigenvalue weighted by Gasteiger charge is -2.35. The minimum atomic E-state index is 0.184. The summed E-state index contributed by atoms with van der Waals surface area (Å²) in [5, 5.41) is 12.4. The number of nitrogens with zero attached hydrogens (tertiary/aromatic N) is 6. The molecule has 5 rings (SSSR count). The van der Waals surface area contributed by atoms with E-state index in [-0.39, 0.29) is 5.91 Å². The molecule has 1 aliphatic heterocycles. The molecule has 0 unspecified atom stereocenters. The van der Waals surface area contributed by atoms with Crippen LogP contribution in [0.25, 0.3) is 5.65 Å². The van der Waals surface area contributed by atoms with E-state index in [0.717, 1.165) is 43.0 Å². The van der Waals surface area contributed by atoms with E-state index in [4.69, 9.17) is 0 Å². The Balaban J connectivity index is 1.12. The number of anilines is 1. The summed E-state index contributed by atoms with van der Waals surface area (Å²) in [6.07, 6.45) is 4.09. The first-order chi connectivity index (χ1) is 15.7. The fraction of sp³-hybridized carbons (Fsp3) is 0.280. The van der Waals surface area contributed by atoms with E-state index in [1.54, 1.807) is 10.8 Å². The van der Waals surface area contributed by atoms with Gasteiger partial charge in [0.25, 0.3) is 0 Å². The topological polar surface area (TPSA) is 66.6 Å². The number of amides is 1. The molecular weight excluding hydrogens is 400 g/mol. The largest absolute Gasteiger partial charge is 0.352 e. The zero-order valence-corrected chi connectivity index (χ0v) is 18.0. The summed E-state index contributed by atoms with van der Waals surface area (Å²) in [7, 11) is 0. The molecule has 2 aromatic heterocycles. The van der Waals surface area contributed by atoms with Crippen LogP contribution < -0.4 is 4.90 Å². The molecule has 0 radical (unpaired) electrons. The van der Waals surface area contributed by atoms with Gasteiger partial charge in [0.05, 0.1) is 6.42 Å². The van der Waals surface area contributed by atoms with E-state index in [1.165, 1.54) is 11.1 Å². The zero-order valence-electron chi connectivity index (χ0n) is 18.0. The Morgan fingerprint density at radius 1 is 0.781 bits per heavy atom. The first-order valence-electron chi connectivity index (χ1n) is 11.1. The fourth-order valence-corrected chi connectivity index (χ4v) is 4.12. The summed E-state index contributed by atoms with van der Waals surface area (Å²) in [5.41, 5.74) is 4.45. The number of hydrogen-bond acceptors (Lipinski definition) is 5. The maximum atomic E-state index is 12.8. The number of aryl methyl sites for hydroxylation is 2. The van der Waals surface area contributed by atoms with Crippen molar-refractivity contribution in [1.82, 2.24) is 24.7 Å². The molecule has 4 aromatic rings. The molecule has 162 valence electrons. The molecule has 3 heterocycles. The van der Waals surface area contributed by atoms with Crippen molar-refractivity contribution in [3.63, 3.8) is 0 Å². The highest BCUT2D eigenvalue weighted by Crippen LogP contribution is 2.15. The van der Waals surface area contributed by atoms with Crippen LogP contribution in [0.5, 0.6) is 0 Å². The SMILES string of the molecule is O=C(Cc1ccc(CCc2ccccc2)cc1)N1CCN(c2ccc3nncn3n2)CC1. The normalized spacial score (nSPS) is 14.1. The highest BCUT2D eigenvalue weighted by atomic mass is 16.2. The minimum absolute atomic E-state index is 0.184. The van der Waals surface area contributed by atoms with E-state index in [2.05, 4.69) is 68.7 Å². The summed E-state index contributed by atoms with van der Waals surface area (Å²) in [6.45, 7) is 2.95. The molecule has 1 amide bonds. The zero-order chi connectivity index (χ0) is 21.8. The molecule has 0 saturated carbocycles. The molecule has 2 aromatic carbocycles. The summed E-state index contributed by atoms with van der Waals surface area (Å²) < 4.78 is 1.68. The Labute approximate surface area is 187 Å². The standard InChI is InChI=1S/C25H26N6O/c32-25(18-22-10-8-21(9-11-22)7-6-20-4-2-1-3-5-20)30-16-14-29(15-17-30)24-13-12-23-27-26-19-31(23)28-24/h1-5,8-13,19H,6-7,14-18H2. The van der Waals surface area contributed by atoms with Crippen LogP contribution in [0, 0.1) is 0 Å². The highest BCUT2D eigenvalue weighted by molar-refractivity contribution is 5.79.